The lowest BCUT2D eigenvalue weighted by molar-refractivity contribution is -0.147. The van der Waals surface area contributed by atoms with Gasteiger partial charge in [-0.05, 0) is 81.8 Å². The number of esters is 1. The largest absolute Gasteiger partial charge is 0.494 e. The van der Waals surface area contributed by atoms with Crippen molar-refractivity contribution in [2.24, 2.45) is 4.99 Å². The van der Waals surface area contributed by atoms with Gasteiger partial charge in [0.05, 0.1) is 76.5 Å². The van der Waals surface area contributed by atoms with Crippen LogP contribution in [0.25, 0.3) is 10.9 Å². The number of fused-ring (bicyclic) bond motifs is 1. The molecule has 3 aliphatic heterocycles. The minimum atomic E-state index is -3.07. The molecule has 3 aromatic rings. The van der Waals surface area contributed by atoms with Crippen LogP contribution < -0.4 is 26.0 Å². The maximum absolute atomic E-state index is 14.5. The number of benzene rings is 2. The number of piperazine rings is 1. The number of carboxylic acid groups (broad SMARTS) is 3. The van der Waals surface area contributed by atoms with Crippen LogP contribution in [0.3, 0.4) is 0 Å². The SMILES string of the molecule is C/N=C/[C@H]1CC(F)(F)CN1C(=O)CNC(=O)c1ccnc2ccc(OCCCCN3CCN(C(=O)[C@H](CC(=O)OC)NC(=O)[C@H](CCCNC(=O)CCCc4ccc(C)cc4)NC(=O)CN4CCN(CC(=O)O)CCN(CC(=O)O)CCN(CC(=O)O)CC4)CC3)cc12. The molecule has 6 amide bonds. The van der Waals surface area contributed by atoms with Crippen molar-refractivity contribution in [3.8, 4) is 5.75 Å². The summed E-state index contributed by atoms with van der Waals surface area (Å²) in [7, 11) is 2.58. The molecule has 0 spiro atoms. The number of nitrogens with one attached hydrogen (secondary N) is 4. The van der Waals surface area contributed by atoms with Gasteiger partial charge in [0.2, 0.25) is 29.5 Å². The molecule has 0 aliphatic carbocycles. The standard InChI is InChI=1S/C63H89F2N13O15/c1-44-11-13-45(14-12-44)8-6-10-53(79)68-18-7-9-51(70-54(80)39-73-21-23-74(40-56(82)83)25-27-76(42-58(86)87)28-26-75(24-22-73)41-57(84)85)61(90)71-52(35-59(88)92-3)62(91)77-31-29-72(30-32-77)20-4-5-33-93-47-15-16-50-49(34-47)48(17-19-67-50)60(89)69-38-55(81)78-43-63(64,65)36-46(78)37-66-2/h11-17,19,34,37,46,51-52H,4-10,18,20-33,35-36,38-43H2,1-3H3,(H,68,79)(H,69,89)(H,70,80)(H,71,90)(H,82,83)(H,84,85)(H,86,87)/b66-37+/t46-,51+,52+/m1/s1. The number of halogens is 2. The Morgan fingerprint density at radius 1 is 0.710 bits per heavy atom. The molecule has 3 fully saturated rings. The van der Waals surface area contributed by atoms with Crippen molar-refractivity contribution >= 4 is 76.4 Å². The molecule has 0 saturated carbocycles. The Kier molecular flexibility index (Phi) is 29.6. The number of nitrogens with zero attached hydrogens (tertiary/aromatic N) is 9. The summed E-state index contributed by atoms with van der Waals surface area (Å²) in [6, 6.07) is 11.1. The number of aryl methyl sites for hydroxylation is 2. The van der Waals surface area contributed by atoms with Crippen LogP contribution in [-0.4, -0.2) is 296 Å². The third kappa shape index (κ3) is 25.6. The number of aliphatic imine (C=N–C) groups is 1. The van der Waals surface area contributed by atoms with E-state index in [0.717, 1.165) is 23.1 Å². The Morgan fingerprint density at radius 2 is 1.31 bits per heavy atom. The van der Waals surface area contributed by atoms with Crippen LogP contribution in [0, 0.1) is 6.92 Å². The Morgan fingerprint density at radius 3 is 1.90 bits per heavy atom. The number of aromatic nitrogens is 1. The molecule has 0 radical (unpaired) electrons. The van der Waals surface area contributed by atoms with Gasteiger partial charge in [-0.15, -0.1) is 0 Å². The first-order chi connectivity index (χ1) is 44.5. The van der Waals surface area contributed by atoms with Crippen molar-refractivity contribution in [3.63, 3.8) is 0 Å². The maximum atomic E-state index is 14.5. The van der Waals surface area contributed by atoms with E-state index in [1.165, 1.54) is 25.5 Å². The van der Waals surface area contributed by atoms with Gasteiger partial charge in [0.15, 0.2) is 0 Å². The van der Waals surface area contributed by atoms with E-state index in [2.05, 4.69) is 36.1 Å². The van der Waals surface area contributed by atoms with E-state index in [1.807, 2.05) is 31.2 Å². The summed E-state index contributed by atoms with van der Waals surface area (Å²) in [6.07, 6.45) is 4.77. The average molecular weight is 1310 g/mol. The number of unbranched alkanes of at least 4 members (excludes halogenated alkanes) is 1. The van der Waals surface area contributed by atoms with Gasteiger partial charge in [-0.25, -0.2) is 8.78 Å². The second-order valence-electron chi connectivity index (χ2n) is 23.6. The van der Waals surface area contributed by atoms with Crippen LogP contribution in [0.2, 0.25) is 0 Å². The first-order valence-electron chi connectivity index (χ1n) is 31.4. The lowest BCUT2D eigenvalue weighted by Crippen LogP contribution is -2.58. The quantitative estimate of drug-likeness (QED) is 0.0253. The van der Waals surface area contributed by atoms with Crippen molar-refractivity contribution in [2.75, 3.05) is 152 Å². The highest BCUT2D eigenvalue weighted by molar-refractivity contribution is 6.07. The molecule has 28 nitrogen and oxygen atoms in total. The molecule has 0 bridgehead atoms. The predicted molar refractivity (Wildman–Crippen MR) is 337 cm³/mol. The number of likely N-dealkylation sites (tertiary alicyclic amines) is 1. The van der Waals surface area contributed by atoms with E-state index in [1.54, 1.807) is 42.7 Å². The number of carbonyl (C=O) groups excluding carboxylic acids is 7. The molecule has 3 atom stereocenters. The van der Waals surface area contributed by atoms with Gasteiger partial charge in [-0.1, -0.05) is 29.8 Å². The van der Waals surface area contributed by atoms with Crippen molar-refractivity contribution in [1.29, 1.82) is 0 Å². The van der Waals surface area contributed by atoms with Crippen LogP contribution in [-0.2, 0) is 54.3 Å². The molecule has 1 aromatic heterocycles. The Labute approximate surface area is 539 Å². The monoisotopic (exact) mass is 1310 g/mol. The van der Waals surface area contributed by atoms with E-state index >= 15 is 0 Å². The highest BCUT2D eigenvalue weighted by atomic mass is 19.3. The maximum Gasteiger partial charge on any atom is 0.317 e. The predicted octanol–water partition coefficient (Wildman–Crippen LogP) is 0.440. The molecule has 3 aliphatic rings. The van der Waals surface area contributed by atoms with Crippen LogP contribution in [0.1, 0.15) is 72.9 Å². The van der Waals surface area contributed by atoms with Gasteiger partial charge in [0.25, 0.3) is 11.8 Å². The summed E-state index contributed by atoms with van der Waals surface area (Å²) in [6.45, 7) is 3.08. The van der Waals surface area contributed by atoms with Crippen molar-refractivity contribution in [2.45, 2.75) is 88.8 Å². The summed E-state index contributed by atoms with van der Waals surface area (Å²) in [4.78, 5) is 150. The second-order valence-corrected chi connectivity index (χ2v) is 23.6. The second kappa shape index (κ2) is 37.4. The number of hydrogen-bond donors (Lipinski definition) is 7. The van der Waals surface area contributed by atoms with Crippen molar-refractivity contribution < 1.29 is 81.5 Å². The molecule has 7 N–H and O–H groups in total. The summed E-state index contributed by atoms with van der Waals surface area (Å²) >= 11 is 0. The molecule has 30 heteroatoms. The number of pyridine rings is 1. The fraction of sp³-hybridized carbons (Fsp3) is 0.587. The summed E-state index contributed by atoms with van der Waals surface area (Å²) in [5, 5.41) is 40.4. The molecule has 93 heavy (non-hydrogen) atoms. The molecule has 3 saturated heterocycles. The van der Waals surface area contributed by atoms with Crippen LogP contribution in [0.4, 0.5) is 8.78 Å². The number of ether oxygens (including phenoxy) is 2. The molecule has 510 valence electrons. The van der Waals surface area contributed by atoms with Gasteiger partial charge < -0.3 is 55.9 Å². The van der Waals surface area contributed by atoms with Crippen LogP contribution in [0.15, 0.2) is 59.7 Å². The van der Waals surface area contributed by atoms with Crippen molar-refractivity contribution in [3.05, 3.63) is 71.4 Å². The van der Waals surface area contributed by atoms with Gasteiger partial charge in [-0.2, -0.15) is 0 Å². The van der Waals surface area contributed by atoms with Crippen molar-refractivity contribution in [1.82, 2.24) is 60.6 Å². The lowest BCUT2D eigenvalue weighted by Gasteiger charge is -2.36. The third-order valence-electron chi connectivity index (χ3n) is 16.4. The number of rotatable bonds is 32. The highest BCUT2D eigenvalue weighted by Gasteiger charge is 2.46. The van der Waals surface area contributed by atoms with E-state index in [9.17, 15) is 72.0 Å². The zero-order valence-electron chi connectivity index (χ0n) is 53.2. The first-order valence-corrected chi connectivity index (χ1v) is 31.4. The molecular weight excluding hydrogens is 1220 g/mol. The zero-order chi connectivity index (χ0) is 67.5. The smallest absolute Gasteiger partial charge is 0.317 e. The number of alkyl halides is 2. The Balaban J connectivity index is 1.04. The number of carbonyl (C=O) groups is 10. The van der Waals surface area contributed by atoms with Gasteiger partial charge in [0.1, 0.15) is 17.8 Å². The molecule has 0 unspecified atom stereocenters. The fourth-order valence-electron chi connectivity index (χ4n) is 11.3. The highest BCUT2D eigenvalue weighted by Crippen LogP contribution is 2.31. The normalized spacial score (nSPS) is 18.0. The number of carboxylic acids is 3. The van der Waals surface area contributed by atoms with Gasteiger partial charge in [0, 0.05) is 123 Å². The average Bonchev–Trinajstić information content (AvgIpc) is 1.80. The van der Waals surface area contributed by atoms with E-state index in [4.69, 9.17) is 9.47 Å². The molecular formula is C63H89F2N13O15. The van der Waals surface area contributed by atoms with Crippen LogP contribution in [0.5, 0.6) is 5.75 Å². The first kappa shape index (κ1) is 73.7. The number of amides is 6. The topological polar surface area (TPSA) is 346 Å². The minimum Gasteiger partial charge on any atom is -0.494 e. The molecule has 2 aromatic carbocycles. The Bertz CT molecular complexity index is 3030. The van der Waals surface area contributed by atoms with E-state index in [0.29, 0.717) is 68.6 Å². The molecule has 4 heterocycles. The van der Waals surface area contributed by atoms with E-state index in [-0.39, 0.29) is 129 Å². The van der Waals surface area contributed by atoms with Gasteiger partial charge in [-0.3, -0.25) is 82.4 Å². The summed E-state index contributed by atoms with van der Waals surface area (Å²) in [5.41, 5.74) is 2.93. The van der Waals surface area contributed by atoms with Crippen LogP contribution >= 0.6 is 0 Å². The third-order valence-corrected chi connectivity index (χ3v) is 16.4. The molecule has 6 rings (SSSR count). The zero-order valence-corrected chi connectivity index (χ0v) is 53.2. The lowest BCUT2D eigenvalue weighted by atomic mass is 10.1. The van der Waals surface area contributed by atoms with E-state index < -0.39 is 103 Å². The Hall–Kier alpha value is -8.32. The number of aliphatic carboxylic acids is 3. The summed E-state index contributed by atoms with van der Waals surface area (Å²) in [5.74, 6) is -10.1. The fourth-order valence-corrected chi connectivity index (χ4v) is 11.3. The summed E-state index contributed by atoms with van der Waals surface area (Å²) < 4.78 is 39.4. The number of hydrogen-bond acceptors (Lipinski definition) is 19. The number of methoxy groups -OCH3 is 1. The van der Waals surface area contributed by atoms with Gasteiger partial charge >= 0.3 is 23.9 Å². The minimum absolute atomic E-state index is 0.00846.